The molecule has 0 bridgehead atoms. The Hall–Kier alpha value is -1.82. The third kappa shape index (κ3) is 2.53. The second-order valence-corrected chi connectivity index (χ2v) is 3.79. The smallest absolute Gasteiger partial charge is 0.356 e. The van der Waals surface area contributed by atoms with E-state index in [1.807, 2.05) is 0 Å². The monoisotopic (exact) mass is 256 g/mol. The van der Waals surface area contributed by atoms with Crippen molar-refractivity contribution in [1.82, 2.24) is 10.5 Å². The van der Waals surface area contributed by atoms with Crippen molar-refractivity contribution in [3.8, 4) is 11.3 Å². The van der Waals surface area contributed by atoms with Gasteiger partial charge >= 0.3 is 6.18 Å². The van der Waals surface area contributed by atoms with Gasteiger partial charge in [-0.3, -0.25) is 0 Å². The van der Waals surface area contributed by atoms with Crippen molar-refractivity contribution in [3.63, 3.8) is 0 Å². The van der Waals surface area contributed by atoms with Crippen LogP contribution in [0.25, 0.3) is 11.3 Å². The first-order chi connectivity index (χ1) is 8.52. The van der Waals surface area contributed by atoms with Gasteiger partial charge in [-0.15, -0.1) is 0 Å². The molecule has 0 radical (unpaired) electrons. The Labute approximate surface area is 102 Å². The third-order valence-corrected chi connectivity index (χ3v) is 2.46. The van der Waals surface area contributed by atoms with Gasteiger partial charge in [0, 0.05) is 17.7 Å². The summed E-state index contributed by atoms with van der Waals surface area (Å²) in [4.78, 5) is 0. The molecule has 2 aromatic rings. The van der Waals surface area contributed by atoms with Crippen LogP contribution in [0.3, 0.4) is 0 Å². The number of aromatic nitrogens is 1. The van der Waals surface area contributed by atoms with E-state index in [-0.39, 0.29) is 0 Å². The molecule has 1 N–H and O–H groups in total. The first kappa shape index (κ1) is 12.6. The molecule has 18 heavy (non-hydrogen) atoms. The summed E-state index contributed by atoms with van der Waals surface area (Å²) in [7, 11) is 1.74. The van der Waals surface area contributed by atoms with E-state index in [9.17, 15) is 13.2 Å². The topological polar surface area (TPSA) is 38.1 Å². The standard InChI is InChI=1S/C12H11F3N2O/c1-16-6-9-7-17-18-11(9)8-3-2-4-10(5-8)12(13,14)15/h2-5,7,16H,6H2,1H3. The van der Waals surface area contributed by atoms with Gasteiger partial charge in [0.2, 0.25) is 0 Å². The Kier molecular flexibility index (Phi) is 3.38. The molecule has 2 rings (SSSR count). The van der Waals surface area contributed by atoms with Crippen molar-refractivity contribution in [1.29, 1.82) is 0 Å². The highest BCUT2D eigenvalue weighted by molar-refractivity contribution is 5.61. The lowest BCUT2D eigenvalue weighted by molar-refractivity contribution is -0.137. The van der Waals surface area contributed by atoms with E-state index in [4.69, 9.17) is 4.52 Å². The Morgan fingerprint density at radius 1 is 1.33 bits per heavy atom. The van der Waals surface area contributed by atoms with Crippen LogP contribution in [0, 0.1) is 0 Å². The molecule has 1 aromatic carbocycles. The predicted molar refractivity (Wildman–Crippen MR) is 59.7 cm³/mol. The lowest BCUT2D eigenvalue weighted by atomic mass is 10.1. The number of alkyl halides is 3. The Morgan fingerprint density at radius 2 is 2.11 bits per heavy atom. The van der Waals surface area contributed by atoms with Gasteiger partial charge in [-0.2, -0.15) is 13.2 Å². The van der Waals surface area contributed by atoms with Gasteiger partial charge in [-0.1, -0.05) is 17.3 Å². The van der Waals surface area contributed by atoms with Gasteiger partial charge in [0.1, 0.15) is 0 Å². The summed E-state index contributed by atoms with van der Waals surface area (Å²) < 4.78 is 42.8. The van der Waals surface area contributed by atoms with Gasteiger partial charge in [0.25, 0.3) is 0 Å². The predicted octanol–water partition coefficient (Wildman–Crippen LogP) is 3.08. The van der Waals surface area contributed by atoms with E-state index in [1.165, 1.54) is 12.3 Å². The molecule has 0 fully saturated rings. The van der Waals surface area contributed by atoms with Crippen molar-refractivity contribution in [2.24, 2.45) is 0 Å². The second kappa shape index (κ2) is 4.81. The van der Waals surface area contributed by atoms with Crippen LogP contribution in [0.4, 0.5) is 13.2 Å². The van der Waals surface area contributed by atoms with Crippen LogP contribution in [0.15, 0.2) is 35.0 Å². The molecule has 0 saturated carbocycles. The summed E-state index contributed by atoms with van der Waals surface area (Å²) in [5, 5.41) is 6.52. The highest BCUT2D eigenvalue weighted by Crippen LogP contribution is 2.33. The van der Waals surface area contributed by atoms with Gasteiger partial charge in [-0.05, 0) is 19.2 Å². The fraction of sp³-hybridized carbons (Fsp3) is 0.250. The third-order valence-electron chi connectivity index (χ3n) is 2.46. The maximum absolute atomic E-state index is 12.6. The van der Waals surface area contributed by atoms with Crippen molar-refractivity contribution >= 4 is 0 Å². The lowest BCUT2D eigenvalue weighted by Crippen LogP contribution is -2.06. The van der Waals surface area contributed by atoms with E-state index in [0.717, 1.165) is 17.7 Å². The number of rotatable bonds is 3. The Bertz CT molecular complexity index is 534. The molecular formula is C12H11F3N2O. The molecule has 1 aromatic heterocycles. The van der Waals surface area contributed by atoms with E-state index in [2.05, 4.69) is 10.5 Å². The average molecular weight is 256 g/mol. The molecule has 6 heteroatoms. The first-order valence-corrected chi connectivity index (χ1v) is 5.28. The highest BCUT2D eigenvalue weighted by atomic mass is 19.4. The van der Waals surface area contributed by atoms with Crippen LogP contribution in [-0.4, -0.2) is 12.2 Å². The number of hydrogen-bond donors (Lipinski definition) is 1. The minimum atomic E-state index is -4.36. The van der Waals surface area contributed by atoms with Crippen molar-refractivity contribution in [2.45, 2.75) is 12.7 Å². The van der Waals surface area contributed by atoms with Crippen LogP contribution in [-0.2, 0) is 12.7 Å². The van der Waals surface area contributed by atoms with Crippen LogP contribution in [0.5, 0.6) is 0 Å². The number of halogens is 3. The number of benzene rings is 1. The molecule has 96 valence electrons. The molecule has 3 nitrogen and oxygen atoms in total. The molecule has 0 amide bonds. The Balaban J connectivity index is 2.42. The fourth-order valence-electron chi connectivity index (χ4n) is 1.65. The Morgan fingerprint density at radius 3 is 2.78 bits per heavy atom. The van der Waals surface area contributed by atoms with E-state index in [0.29, 0.717) is 17.9 Å². The largest absolute Gasteiger partial charge is 0.416 e. The molecule has 0 atom stereocenters. The molecule has 0 aliphatic carbocycles. The van der Waals surface area contributed by atoms with Crippen molar-refractivity contribution < 1.29 is 17.7 Å². The van der Waals surface area contributed by atoms with Gasteiger partial charge in [0.15, 0.2) is 5.76 Å². The van der Waals surface area contributed by atoms with Crippen LogP contribution in [0.1, 0.15) is 11.1 Å². The minimum Gasteiger partial charge on any atom is -0.356 e. The highest BCUT2D eigenvalue weighted by Gasteiger charge is 2.30. The maximum atomic E-state index is 12.6. The zero-order chi connectivity index (χ0) is 13.2. The molecular weight excluding hydrogens is 245 g/mol. The SMILES string of the molecule is CNCc1cnoc1-c1cccc(C(F)(F)F)c1. The fourth-order valence-corrected chi connectivity index (χ4v) is 1.65. The summed E-state index contributed by atoms with van der Waals surface area (Å²) in [6.45, 7) is 0.481. The average Bonchev–Trinajstić information content (AvgIpc) is 2.77. The summed E-state index contributed by atoms with van der Waals surface area (Å²) in [6, 6.07) is 5.00. The zero-order valence-electron chi connectivity index (χ0n) is 9.58. The molecule has 0 aliphatic heterocycles. The number of nitrogens with one attached hydrogen (secondary N) is 1. The summed E-state index contributed by atoms with van der Waals surface area (Å²) in [6.07, 6.45) is -2.87. The van der Waals surface area contributed by atoms with Gasteiger partial charge < -0.3 is 9.84 Å². The van der Waals surface area contributed by atoms with E-state index >= 15 is 0 Å². The van der Waals surface area contributed by atoms with E-state index in [1.54, 1.807) is 13.1 Å². The van der Waals surface area contributed by atoms with Crippen LogP contribution in [0.2, 0.25) is 0 Å². The maximum Gasteiger partial charge on any atom is 0.416 e. The molecule has 0 spiro atoms. The second-order valence-electron chi connectivity index (χ2n) is 3.79. The minimum absolute atomic E-state index is 0.357. The molecule has 1 heterocycles. The van der Waals surface area contributed by atoms with Crippen molar-refractivity contribution in [2.75, 3.05) is 7.05 Å². The molecule has 0 unspecified atom stereocenters. The zero-order valence-corrected chi connectivity index (χ0v) is 9.58. The van der Waals surface area contributed by atoms with Gasteiger partial charge in [0.05, 0.1) is 11.8 Å². The molecule has 0 aliphatic rings. The number of hydrogen-bond acceptors (Lipinski definition) is 3. The van der Waals surface area contributed by atoms with Crippen LogP contribution >= 0.6 is 0 Å². The summed E-state index contributed by atoms with van der Waals surface area (Å²) >= 11 is 0. The van der Waals surface area contributed by atoms with Crippen LogP contribution < -0.4 is 5.32 Å². The first-order valence-electron chi connectivity index (χ1n) is 5.28. The quantitative estimate of drug-likeness (QED) is 0.917. The summed E-state index contributed by atoms with van der Waals surface area (Å²) in [5.41, 5.74) is 0.385. The lowest BCUT2D eigenvalue weighted by Gasteiger charge is -2.08. The van der Waals surface area contributed by atoms with E-state index < -0.39 is 11.7 Å². The summed E-state index contributed by atoms with van der Waals surface area (Å²) in [5.74, 6) is 0.357. The van der Waals surface area contributed by atoms with Gasteiger partial charge in [-0.25, -0.2) is 0 Å². The van der Waals surface area contributed by atoms with Crippen molar-refractivity contribution in [3.05, 3.63) is 41.6 Å². The number of nitrogens with zero attached hydrogens (tertiary/aromatic N) is 1. The normalized spacial score (nSPS) is 11.8. The molecule has 0 saturated heterocycles.